The summed E-state index contributed by atoms with van der Waals surface area (Å²) in [6.45, 7) is 0. The van der Waals surface area contributed by atoms with E-state index in [0.717, 1.165) is 39.4 Å². The van der Waals surface area contributed by atoms with E-state index in [1.54, 1.807) is 0 Å². The highest BCUT2D eigenvalue weighted by atomic mass is 16.3. The molecule has 0 saturated heterocycles. The Morgan fingerprint density at radius 1 is 0.308 bits per heavy atom. The van der Waals surface area contributed by atoms with Gasteiger partial charge in [-0.2, -0.15) is 0 Å². The molecule has 1 heterocycles. The lowest BCUT2D eigenvalue weighted by molar-refractivity contribution is 0.631. The van der Waals surface area contributed by atoms with E-state index in [1.165, 1.54) is 44.5 Å². The van der Waals surface area contributed by atoms with Gasteiger partial charge < -0.3 is 9.32 Å². The summed E-state index contributed by atoms with van der Waals surface area (Å²) in [6.07, 6.45) is 0. The summed E-state index contributed by atoms with van der Waals surface area (Å²) in [4.78, 5) is 2.33. The van der Waals surface area contributed by atoms with Gasteiger partial charge in [-0.05, 0) is 99.1 Å². The molecule has 0 radical (unpaired) electrons. The summed E-state index contributed by atoms with van der Waals surface area (Å²) in [5.74, 6) is 0.839. The first-order chi connectivity index (χ1) is 25.8. The quantitative estimate of drug-likeness (QED) is 0.161. The predicted octanol–water partition coefficient (Wildman–Crippen LogP) is 14.2. The van der Waals surface area contributed by atoms with E-state index in [0.29, 0.717) is 0 Å². The molecule has 0 aliphatic carbocycles. The predicted molar refractivity (Wildman–Crippen MR) is 218 cm³/mol. The van der Waals surface area contributed by atoms with E-state index in [4.69, 9.17) is 4.42 Å². The average Bonchev–Trinajstić information content (AvgIpc) is 3.67. The number of furan rings is 1. The largest absolute Gasteiger partial charge is 0.456 e. The maximum atomic E-state index is 6.43. The van der Waals surface area contributed by atoms with Crippen LogP contribution in [0.2, 0.25) is 0 Å². The Labute approximate surface area is 304 Å². The molecule has 246 valence electrons. The van der Waals surface area contributed by atoms with E-state index in [-0.39, 0.29) is 0 Å². The van der Waals surface area contributed by atoms with Crippen molar-refractivity contribution in [1.29, 1.82) is 0 Å². The lowest BCUT2D eigenvalue weighted by atomic mass is 9.98. The normalized spacial score (nSPS) is 11.1. The summed E-state index contributed by atoms with van der Waals surface area (Å²) in [5, 5.41) is 1.09. The van der Waals surface area contributed by atoms with E-state index in [9.17, 15) is 0 Å². The standard InChI is InChI=1S/C50H35NO/c1-3-12-36(13-4-1)38-22-24-39(25-23-38)40-26-30-45(31-27-40)51(48-20-9-8-19-47(48)50-35-44-16-7-10-21-49(44)52-50)46-32-28-41(29-33-46)43-18-11-17-42(34-43)37-14-5-2-6-15-37/h1-35H. The summed E-state index contributed by atoms with van der Waals surface area (Å²) in [5.41, 5.74) is 14.6. The Hall–Kier alpha value is -6.90. The molecule has 52 heavy (non-hydrogen) atoms. The highest BCUT2D eigenvalue weighted by Crippen LogP contribution is 2.43. The Morgan fingerprint density at radius 2 is 0.731 bits per heavy atom. The molecule has 0 atom stereocenters. The lowest BCUT2D eigenvalue weighted by Crippen LogP contribution is -2.11. The molecule has 0 aliphatic heterocycles. The molecule has 2 heteroatoms. The fraction of sp³-hybridized carbons (Fsp3) is 0. The van der Waals surface area contributed by atoms with Crippen LogP contribution in [0.15, 0.2) is 217 Å². The SMILES string of the molecule is c1ccc(-c2ccc(-c3ccc(N(c4ccc(-c5cccc(-c6ccccc6)c5)cc4)c4ccccc4-c4cc5ccccc5o4)cc3)cc2)cc1. The number of hydrogen-bond acceptors (Lipinski definition) is 2. The second-order valence-corrected chi connectivity index (χ2v) is 13.0. The minimum atomic E-state index is 0.839. The van der Waals surface area contributed by atoms with Crippen LogP contribution < -0.4 is 4.90 Å². The molecule has 9 rings (SSSR count). The third-order valence-electron chi connectivity index (χ3n) is 9.72. The van der Waals surface area contributed by atoms with Crippen molar-refractivity contribution in [3.05, 3.63) is 212 Å². The maximum Gasteiger partial charge on any atom is 0.137 e. The van der Waals surface area contributed by atoms with Crippen molar-refractivity contribution in [2.24, 2.45) is 0 Å². The van der Waals surface area contributed by atoms with Crippen LogP contribution in [0.5, 0.6) is 0 Å². The second-order valence-electron chi connectivity index (χ2n) is 13.0. The summed E-state index contributed by atoms with van der Waals surface area (Å²) in [6, 6.07) is 75.2. The van der Waals surface area contributed by atoms with Crippen LogP contribution in [-0.4, -0.2) is 0 Å². The molecule has 0 aliphatic rings. The van der Waals surface area contributed by atoms with Gasteiger partial charge in [0.05, 0.1) is 5.69 Å². The van der Waals surface area contributed by atoms with Crippen molar-refractivity contribution in [2.45, 2.75) is 0 Å². The fourth-order valence-corrected chi connectivity index (χ4v) is 7.02. The highest BCUT2D eigenvalue weighted by Gasteiger charge is 2.19. The number of nitrogens with zero attached hydrogens (tertiary/aromatic N) is 1. The van der Waals surface area contributed by atoms with E-state index in [1.807, 2.05) is 18.2 Å². The zero-order valence-corrected chi connectivity index (χ0v) is 28.6. The molecule has 0 fully saturated rings. The molecule has 2 nitrogen and oxygen atoms in total. The fourth-order valence-electron chi connectivity index (χ4n) is 7.02. The number of rotatable bonds is 8. The van der Waals surface area contributed by atoms with Gasteiger partial charge in [0.15, 0.2) is 0 Å². The van der Waals surface area contributed by atoms with Gasteiger partial charge in [-0.25, -0.2) is 0 Å². The monoisotopic (exact) mass is 665 g/mol. The molecule has 0 unspecified atom stereocenters. The van der Waals surface area contributed by atoms with Crippen LogP contribution in [0.25, 0.3) is 66.8 Å². The minimum absolute atomic E-state index is 0.839. The van der Waals surface area contributed by atoms with Crippen molar-refractivity contribution >= 4 is 28.0 Å². The summed E-state index contributed by atoms with van der Waals surface area (Å²) in [7, 11) is 0. The first-order valence-electron chi connectivity index (χ1n) is 17.7. The smallest absolute Gasteiger partial charge is 0.137 e. The van der Waals surface area contributed by atoms with Crippen LogP contribution in [0.4, 0.5) is 17.1 Å². The second kappa shape index (κ2) is 13.8. The third kappa shape index (κ3) is 6.19. The van der Waals surface area contributed by atoms with Crippen LogP contribution in [-0.2, 0) is 0 Å². The number of para-hydroxylation sites is 2. The van der Waals surface area contributed by atoms with E-state index < -0.39 is 0 Å². The number of benzene rings is 8. The molecule has 0 saturated carbocycles. The molecule has 0 spiro atoms. The van der Waals surface area contributed by atoms with Gasteiger partial charge in [-0.1, -0.05) is 158 Å². The molecule has 1 aromatic heterocycles. The van der Waals surface area contributed by atoms with Crippen LogP contribution in [0.1, 0.15) is 0 Å². The topological polar surface area (TPSA) is 16.4 Å². The Balaban J connectivity index is 1.10. The lowest BCUT2D eigenvalue weighted by Gasteiger charge is -2.27. The number of fused-ring (bicyclic) bond motifs is 1. The van der Waals surface area contributed by atoms with Crippen LogP contribution >= 0.6 is 0 Å². The van der Waals surface area contributed by atoms with Crippen molar-refractivity contribution in [3.63, 3.8) is 0 Å². The van der Waals surface area contributed by atoms with Gasteiger partial charge in [0.1, 0.15) is 11.3 Å². The van der Waals surface area contributed by atoms with Gasteiger partial charge in [0, 0.05) is 22.3 Å². The number of anilines is 3. The Kier molecular flexibility index (Phi) is 8.24. The Morgan fingerprint density at radius 3 is 1.31 bits per heavy atom. The van der Waals surface area contributed by atoms with Crippen molar-refractivity contribution < 1.29 is 4.42 Å². The third-order valence-corrected chi connectivity index (χ3v) is 9.72. The van der Waals surface area contributed by atoms with Gasteiger partial charge in [-0.3, -0.25) is 0 Å². The van der Waals surface area contributed by atoms with Crippen LogP contribution in [0, 0.1) is 0 Å². The molecule has 0 amide bonds. The molecule has 0 N–H and O–H groups in total. The van der Waals surface area contributed by atoms with Gasteiger partial charge in [0.25, 0.3) is 0 Å². The van der Waals surface area contributed by atoms with Crippen molar-refractivity contribution in [1.82, 2.24) is 0 Å². The van der Waals surface area contributed by atoms with Gasteiger partial charge >= 0.3 is 0 Å². The number of hydrogen-bond donors (Lipinski definition) is 0. The first-order valence-corrected chi connectivity index (χ1v) is 17.7. The Bertz CT molecular complexity index is 2550. The van der Waals surface area contributed by atoms with Gasteiger partial charge in [-0.15, -0.1) is 0 Å². The van der Waals surface area contributed by atoms with Crippen molar-refractivity contribution in [3.8, 4) is 55.8 Å². The summed E-state index contributed by atoms with van der Waals surface area (Å²) >= 11 is 0. The zero-order chi connectivity index (χ0) is 34.7. The maximum absolute atomic E-state index is 6.43. The molecular weight excluding hydrogens is 631 g/mol. The molecule has 9 aromatic rings. The first kappa shape index (κ1) is 31.1. The summed E-state index contributed by atoms with van der Waals surface area (Å²) < 4.78 is 6.43. The van der Waals surface area contributed by atoms with Crippen molar-refractivity contribution in [2.75, 3.05) is 4.90 Å². The van der Waals surface area contributed by atoms with E-state index in [2.05, 4.69) is 199 Å². The van der Waals surface area contributed by atoms with Gasteiger partial charge in [0.2, 0.25) is 0 Å². The van der Waals surface area contributed by atoms with E-state index >= 15 is 0 Å². The zero-order valence-electron chi connectivity index (χ0n) is 28.6. The van der Waals surface area contributed by atoms with Crippen LogP contribution in [0.3, 0.4) is 0 Å². The molecule has 8 aromatic carbocycles. The molecular formula is C50H35NO. The average molecular weight is 666 g/mol. The molecule has 0 bridgehead atoms. The highest BCUT2D eigenvalue weighted by molar-refractivity contribution is 5.91. The minimum Gasteiger partial charge on any atom is -0.456 e.